The van der Waals surface area contributed by atoms with Crippen LogP contribution in [0.3, 0.4) is 0 Å². The van der Waals surface area contributed by atoms with Gasteiger partial charge in [-0.1, -0.05) is 25.1 Å². The van der Waals surface area contributed by atoms with Gasteiger partial charge in [-0.2, -0.15) is 0 Å². The first-order chi connectivity index (χ1) is 11.7. The zero-order valence-electron chi connectivity index (χ0n) is 13.8. The quantitative estimate of drug-likeness (QED) is 0.618. The Morgan fingerprint density at radius 3 is 3.00 bits per heavy atom. The molecule has 0 aliphatic carbocycles. The van der Waals surface area contributed by atoms with Crippen LogP contribution in [0.4, 0.5) is 0 Å². The van der Waals surface area contributed by atoms with Gasteiger partial charge in [0.25, 0.3) is 0 Å². The summed E-state index contributed by atoms with van der Waals surface area (Å²) in [6, 6.07) is 8.60. The third-order valence-electron chi connectivity index (χ3n) is 4.52. The molecule has 0 N–H and O–H groups in total. The molecule has 0 saturated carbocycles. The molecule has 0 radical (unpaired) electrons. The second-order valence-corrected chi connectivity index (χ2v) is 8.23. The highest BCUT2D eigenvalue weighted by atomic mass is 79.9. The molecule has 124 valence electrons. The summed E-state index contributed by atoms with van der Waals surface area (Å²) in [6.45, 7) is 5.15. The van der Waals surface area contributed by atoms with Gasteiger partial charge < -0.3 is 0 Å². The lowest BCUT2D eigenvalue weighted by atomic mass is 10.1. The molecule has 1 aliphatic rings. The highest BCUT2D eigenvalue weighted by Gasteiger charge is 2.20. The third kappa shape index (κ3) is 3.13. The zero-order valence-corrected chi connectivity index (χ0v) is 16.2. The van der Waals surface area contributed by atoms with Crippen molar-refractivity contribution in [3.63, 3.8) is 0 Å². The molecule has 0 bridgehead atoms. The molecule has 1 aliphatic heterocycles. The van der Waals surface area contributed by atoms with E-state index in [1.165, 1.54) is 30.7 Å². The Hall–Kier alpha value is -1.30. The Morgan fingerprint density at radius 1 is 1.29 bits per heavy atom. The van der Waals surface area contributed by atoms with Gasteiger partial charge in [-0.15, -0.1) is 11.3 Å². The molecule has 3 heterocycles. The molecule has 1 aromatic carbocycles. The van der Waals surface area contributed by atoms with Crippen molar-refractivity contribution in [1.82, 2.24) is 14.9 Å². The van der Waals surface area contributed by atoms with Gasteiger partial charge >= 0.3 is 0 Å². The summed E-state index contributed by atoms with van der Waals surface area (Å²) < 4.78 is 2.60. The Balaban J connectivity index is 1.55. The van der Waals surface area contributed by atoms with Crippen molar-refractivity contribution in [2.24, 2.45) is 0 Å². The van der Waals surface area contributed by atoms with Crippen molar-refractivity contribution in [2.75, 3.05) is 6.54 Å². The molecule has 0 spiro atoms. The van der Waals surface area contributed by atoms with Crippen LogP contribution >= 0.6 is 27.3 Å². The molecule has 24 heavy (non-hydrogen) atoms. The predicted octanol–water partition coefficient (Wildman–Crippen LogP) is 4.96. The van der Waals surface area contributed by atoms with Gasteiger partial charge in [0.05, 0.1) is 5.69 Å². The van der Waals surface area contributed by atoms with Crippen LogP contribution in [0.15, 0.2) is 34.9 Å². The predicted molar refractivity (Wildman–Crippen MR) is 103 cm³/mol. The standard InChI is InChI=1S/C19H20BrN3S/c1-2-5-18-21-10-13-8-9-23(11-15(13)22-18)12-17-19(20)14-6-3-4-7-16(14)24-17/h3-4,6-7,10H,2,5,8-9,11-12H2,1H3. The van der Waals surface area contributed by atoms with Crippen molar-refractivity contribution < 1.29 is 0 Å². The largest absolute Gasteiger partial charge is 0.292 e. The van der Waals surface area contributed by atoms with E-state index in [-0.39, 0.29) is 0 Å². The minimum Gasteiger partial charge on any atom is -0.292 e. The van der Waals surface area contributed by atoms with E-state index in [1.54, 1.807) is 0 Å². The van der Waals surface area contributed by atoms with Crippen LogP contribution < -0.4 is 0 Å². The number of fused-ring (bicyclic) bond motifs is 2. The van der Waals surface area contributed by atoms with Gasteiger partial charge in [-0.05, 0) is 40.4 Å². The summed E-state index contributed by atoms with van der Waals surface area (Å²) >= 11 is 5.69. The monoisotopic (exact) mass is 401 g/mol. The van der Waals surface area contributed by atoms with E-state index in [9.17, 15) is 0 Å². The van der Waals surface area contributed by atoms with Crippen LogP contribution in [0.1, 0.15) is 35.3 Å². The Kier molecular flexibility index (Phi) is 4.66. The van der Waals surface area contributed by atoms with Crippen molar-refractivity contribution >= 4 is 37.4 Å². The molecule has 3 nitrogen and oxygen atoms in total. The summed E-state index contributed by atoms with van der Waals surface area (Å²) in [5.74, 6) is 0.987. The first-order valence-electron chi connectivity index (χ1n) is 8.46. The number of nitrogens with zero attached hydrogens (tertiary/aromatic N) is 3. The summed E-state index contributed by atoms with van der Waals surface area (Å²) in [5.41, 5.74) is 2.54. The van der Waals surface area contributed by atoms with E-state index in [2.05, 4.69) is 57.0 Å². The molecule has 0 atom stereocenters. The summed E-state index contributed by atoms with van der Waals surface area (Å²) in [5, 5.41) is 1.32. The van der Waals surface area contributed by atoms with Gasteiger partial charge in [-0.25, -0.2) is 9.97 Å². The maximum absolute atomic E-state index is 4.80. The van der Waals surface area contributed by atoms with E-state index in [1.807, 2.05) is 17.5 Å². The summed E-state index contributed by atoms with van der Waals surface area (Å²) in [6.07, 6.45) is 5.15. The van der Waals surface area contributed by atoms with Crippen LogP contribution in [0.5, 0.6) is 0 Å². The minimum atomic E-state index is 0.926. The van der Waals surface area contributed by atoms with E-state index in [0.717, 1.165) is 44.7 Å². The summed E-state index contributed by atoms with van der Waals surface area (Å²) in [4.78, 5) is 13.2. The Bertz CT molecular complexity index is 874. The highest BCUT2D eigenvalue weighted by Crippen LogP contribution is 2.36. The lowest BCUT2D eigenvalue weighted by Gasteiger charge is -2.27. The topological polar surface area (TPSA) is 29.0 Å². The molecule has 3 aromatic rings. The molecule has 2 aromatic heterocycles. The van der Waals surface area contributed by atoms with Crippen LogP contribution in [-0.4, -0.2) is 21.4 Å². The fourth-order valence-corrected chi connectivity index (χ4v) is 5.23. The first kappa shape index (κ1) is 16.2. The lowest BCUT2D eigenvalue weighted by molar-refractivity contribution is 0.242. The minimum absolute atomic E-state index is 0.926. The maximum atomic E-state index is 4.80. The SMILES string of the molecule is CCCc1ncc2c(n1)CN(Cc1sc3ccccc3c1Br)CC2. The number of aryl methyl sites for hydroxylation is 1. The third-order valence-corrected chi connectivity index (χ3v) is 6.84. The molecule has 0 unspecified atom stereocenters. The first-order valence-corrected chi connectivity index (χ1v) is 10.1. The fraction of sp³-hybridized carbons (Fsp3) is 0.368. The number of hydrogen-bond donors (Lipinski definition) is 0. The number of rotatable bonds is 4. The van der Waals surface area contributed by atoms with E-state index in [4.69, 9.17) is 4.98 Å². The summed E-state index contributed by atoms with van der Waals surface area (Å²) in [7, 11) is 0. The van der Waals surface area contributed by atoms with Gasteiger partial charge in [0.2, 0.25) is 0 Å². The number of benzene rings is 1. The average Bonchev–Trinajstić information content (AvgIpc) is 2.91. The normalized spacial score (nSPS) is 14.9. The van der Waals surface area contributed by atoms with Gasteiger partial charge in [-0.3, -0.25) is 4.90 Å². The second-order valence-electron chi connectivity index (χ2n) is 6.30. The van der Waals surface area contributed by atoms with Crippen LogP contribution in [0, 0.1) is 0 Å². The molecule has 0 saturated heterocycles. The van der Waals surface area contributed by atoms with Gasteiger partial charge in [0.1, 0.15) is 5.82 Å². The van der Waals surface area contributed by atoms with E-state index < -0.39 is 0 Å². The van der Waals surface area contributed by atoms with E-state index in [0.29, 0.717) is 0 Å². The Labute approximate surface area is 154 Å². The lowest BCUT2D eigenvalue weighted by Crippen LogP contribution is -2.31. The van der Waals surface area contributed by atoms with Crippen LogP contribution in [-0.2, 0) is 25.9 Å². The van der Waals surface area contributed by atoms with Crippen LogP contribution in [0.25, 0.3) is 10.1 Å². The van der Waals surface area contributed by atoms with Crippen molar-refractivity contribution in [3.05, 3.63) is 56.9 Å². The smallest absolute Gasteiger partial charge is 0.128 e. The average molecular weight is 402 g/mol. The number of hydrogen-bond acceptors (Lipinski definition) is 4. The van der Waals surface area contributed by atoms with Crippen molar-refractivity contribution in [2.45, 2.75) is 39.3 Å². The molecule has 5 heteroatoms. The fourth-order valence-electron chi connectivity index (χ4n) is 3.25. The van der Waals surface area contributed by atoms with Gasteiger partial charge in [0, 0.05) is 51.7 Å². The number of thiophene rings is 1. The molecular weight excluding hydrogens is 382 g/mol. The molecule has 0 amide bonds. The van der Waals surface area contributed by atoms with Crippen LogP contribution in [0.2, 0.25) is 0 Å². The molecule has 0 fully saturated rings. The highest BCUT2D eigenvalue weighted by molar-refractivity contribution is 9.10. The zero-order chi connectivity index (χ0) is 16.5. The Morgan fingerprint density at radius 2 is 2.17 bits per heavy atom. The van der Waals surface area contributed by atoms with E-state index >= 15 is 0 Å². The second kappa shape index (κ2) is 6.90. The molecule has 4 rings (SSSR count). The van der Waals surface area contributed by atoms with Gasteiger partial charge in [0.15, 0.2) is 0 Å². The molecular formula is C19H20BrN3S. The maximum Gasteiger partial charge on any atom is 0.128 e. The van der Waals surface area contributed by atoms with Crippen molar-refractivity contribution in [3.8, 4) is 0 Å². The number of aromatic nitrogens is 2. The number of halogens is 1. The van der Waals surface area contributed by atoms with Crippen molar-refractivity contribution in [1.29, 1.82) is 0 Å².